The van der Waals surface area contributed by atoms with Gasteiger partial charge in [-0.3, -0.25) is 19.9 Å². The number of carbonyl (C=O) groups is 1. The molecular weight excluding hydrogens is 384 g/mol. The van der Waals surface area contributed by atoms with Crippen LogP contribution < -0.4 is 5.32 Å². The molecule has 2 aromatic rings. The summed E-state index contributed by atoms with van der Waals surface area (Å²) in [7, 11) is 0. The van der Waals surface area contributed by atoms with Crippen molar-refractivity contribution >= 4 is 11.6 Å². The molecule has 1 aromatic carbocycles. The zero-order valence-electron chi connectivity index (χ0n) is 16.8. The number of nitro benzene ring substituents is 1. The lowest BCUT2D eigenvalue weighted by molar-refractivity contribution is -0.384. The number of pyridine rings is 1. The van der Waals surface area contributed by atoms with E-state index in [2.05, 4.69) is 10.3 Å². The lowest BCUT2D eigenvalue weighted by Crippen LogP contribution is -2.64. The van der Waals surface area contributed by atoms with Gasteiger partial charge in [0.25, 0.3) is 11.6 Å². The second-order valence-electron chi connectivity index (χ2n) is 7.98. The lowest BCUT2D eigenvalue weighted by Gasteiger charge is -2.49. The van der Waals surface area contributed by atoms with Gasteiger partial charge < -0.3 is 15.0 Å². The van der Waals surface area contributed by atoms with Gasteiger partial charge in [0.15, 0.2) is 0 Å². The second-order valence-corrected chi connectivity index (χ2v) is 7.98. The largest absolute Gasteiger partial charge is 0.370 e. The van der Waals surface area contributed by atoms with Crippen LogP contribution in [0.5, 0.6) is 0 Å². The maximum atomic E-state index is 13.1. The number of benzene rings is 1. The van der Waals surface area contributed by atoms with Crippen molar-refractivity contribution in [1.29, 1.82) is 0 Å². The number of amides is 1. The Morgan fingerprint density at radius 3 is 2.87 bits per heavy atom. The van der Waals surface area contributed by atoms with E-state index in [1.807, 2.05) is 23.2 Å². The van der Waals surface area contributed by atoms with E-state index in [9.17, 15) is 14.9 Å². The SMILES string of the molecule is O=C(c1ccc([N+](=O)[O-])cc1)N1CCO[C@]2(CCCC[C@H]2NCc2cccnc2)C1. The van der Waals surface area contributed by atoms with Gasteiger partial charge in [0.1, 0.15) is 5.60 Å². The normalized spacial score (nSPS) is 24.0. The minimum Gasteiger partial charge on any atom is -0.370 e. The molecule has 1 saturated heterocycles. The summed E-state index contributed by atoms with van der Waals surface area (Å²) in [5, 5.41) is 14.5. The van der Waals surface area contributed by atoms with Crippen LogP contribution in [0.15, 0.2) is 48.8 Å². The number of hydrogen-bond acceptors (Lipinski definition) is 6. The highest BCUT2D eigenvalue weighted by molar-refractivity contribution is 5.94. The molecular formula is C22H26N4O4. The highest BCUT2D eigenvalue weighted by atomic mass is 16.6. The quantitative estimate of drug-likeness (QED) is 0.601. The van der Waals surface area contributed by atoms with E-state index >= 15 is 0 Å². The smallest absolute Gasteiger partial charge is 0.269 e. The molecule has 30 heavy (non-hydrogen) atoms. The maximum Gasteiger partial charge on any atom is 0.269 e. The first-order chi connectivity index (χ1) is 14.6. The van der Waals surface area contributed by atoms with Gasteiger partial charge in [0.05, 0.1) is 18.1 Å². The van der Waals surface area contributed by atoms with Crippen LogP contribution in [0, 0.1) is 10.1 Å². The minimum atomic E-state index is -0.460. The van der Waals surface area contributed by atoms with Crippen molar-refractivity contribution < 1.29 is 14.5 Å². The van der Waals surface area contributed by atoms with E-state index in [1.165, 1.54) is 24.3 Å². The van der Waals surface area contributed by atoms with Crippen molar-refractivity contribution in [3.8, 4) is 0 Å². The number of nitro groups is 1. The van der Waals surface area contributed by atoms with Crippen LogP contribution in [-0.2, 0) is 11.3 Å². The first-order valence-electron chi connectivity index (χ1n) is 10.4. The van der Waals surface area contributed by atoms with Gasteiger partial charge in [-0.1, -0.05) is 18.9 Å². The van der Waals surface area contributed by atoms with Crippen molar-refractivity contribution in [2.45, 2.75) is 43.9 Å². The van der Waals surface area contributed by atoms with Gasteiger partial charge in [0.2, 0.25) is 0 Å². The number of nitrogens with zero attached hydrogens (tertiary/aromatic N) is 3. The van der Waals surface area contributed by atoms with E-state index in [1.54, 1.807) is 6.20 Å². The van der Waals surface area contributed by atoms with Gasteiger partial charge >= 0.3 is 0 Å². The zero-order valence-corrected chi connectivity index (χ0v) is 16.8. The van der Waals surface area contributed by atoms with E-state index in [-0.39, 0.29) is 17.6 Å². The number of aromatic nitrogens is 1. The van der Waals surface area contributed by atoms with E-state index in [0.717, 1.165) is 31.2 Å². The monoisotopic (exact) mass is 410 g/mol. The summed E-state index contributed by atoms with van der Waals surface area (Å²) in [6.45, 7) is 2.24. The van der Waals surface area contributed by atoms with E-state index in [4.69, 9.17) is 4.74 Å². The van der Waals surface area contributed by atoms with Crippen LogP contribution in [0.3, 0.4) is 0 Å². The highest BCUT2D eigenvalue weighted by Gasteiger charge is 2.46. The Balaban J connectivity index is 1.47. The van der Waals surface area contributed by atoms with Crippen LogP contribution in [0.2, 0.25) is 0 Å². The predicted octanol–water partition coefficient (Wildman–Crippen LogP) is 2.93. The number of hydrogen-bond donors (Lipinski definition) is 1. The molecule has 8 nitrogen and oxygen atoms in total. The summed E-state index contributed by atoms with van der Waals surface area (Å²) in [5.74, 6) is -0.107. The molecule has 1 aliphatic carbocycles. The van der Waals surface area contributed by atoms with Crippen LogP contribution >= 0.6 is 0 Å². The van der Waals surface area contributed by atoms with Gasteiger partial charge in [0, 0.05) is 49.2 Å². The predicted molar refractivity (Wildman–Crippen MR) is 111 cm³/mol. The Morgan fingerprint density at radius 1 is 1.30 bits per heavy atom. The molecule has 1 amide bonds. The Morgan fingerprint density at radius 2 is 2.13 bits per heavy atom. The zero-order chi connectivity index (χ0) is 21.0. The average Bonchev–Trinajstić information content (AvgIpc) is 2.79. The number of non-ortho nitro benzene ring substituents is 1. The molecule has 2 heterocycles. The molecule has 1 aliphatic heterocycles. The van der Waals surface area contributed by atoms with Crippen molar-refractivity contribution in [3.63, 3.8) is 0 Å². The Bertz CT molecular complexity index is 886. The fourth-order valence-electron chi connectivity index (χ4n) is 4.49. The van der Waals surface area contributed by atoms with Crippen LogP contribution in [0.25, 0.3) is 0 Å². The fourth-order valence-corrected chi connectivity index (χ4v) is 4.49. The van der Waals surface area contributed by atoms with E-state index < -0.39 is 10.5 Å². The first-order valence-corrected chi connectivity index (χ1v) is 10.4. The Hall–Kier alpha value is -2.84. The van der Waals surface area contributed by atoms with Crippen molar-refractivity contribution in [2.24, 2.45) is 0 Å². The summed E-state index contributed by atoms with van der Waals surface area (Å²) in [4.78, 5) is 29.5. The molecule has 158 valence electrons. The molecule has 0 unspecified atom stereocenters. The molecule has 1 saturated carbocycles. The van der Waals surface area contributed by atoms with Gasteiger partial charge in [-0.25, -0.2) is 0 Å². The molecule has 1 aromatic heterocycles. The highest BCUT2D eigenvalue weighted by Crippen LogP contribution is 2.35. The molecule has 0 bridgehead atoms. The Labute approximate surface area is 175 Å². The third-order valence-electron chi connectivity index (χ3n) is 6.07. The second kappa shape index (κ2) is 8.89. The maximum absolute atomic E-state index is 13.1. The summed E-state index contributed by atoms with van der Waals surface area (Å²) in [6, 6.07) is 9.93. The number of ether oxygens (including phenoxy) is 1. The molecule has 2 fully saturated rings. The topological polar surface area (TPSA) is 97.6 Å². The summed E-state index contributed by atoms with van der Waals surface area (Å²) >= 11 is 0. The van der Waals surface area contributed by atoms with Gasteiger partial charge in [-0.15, -0.1) is 0 Å². The van der Waals surface area contributed by atoms with Crippen LogP contribution in [0.1, 0.15) is 41.6 Å². The molecule has 8 heteroatoms. The standard InChI is InChI=1S/C22H26N4O4/c27-21(18-6-8-19(9-7-18)26(28)29)25-12-13-30-22(16-25)10-2-1-5-20(22)24-15-17-4-3-11-23-14-17/h3-4,6-9,11,14,20,24H,1-2,5,10,12-13,15-16H2/t20-,22-/m1/s1. The Kier molecular flexibility index (Phi) is 6.06. The first kappa shape index (κ1) is 20.4. The van der Waals surface area contributed by atoms with Crippen molar-refractivity contribution in [2.75, 3.05) is 19.7 Å². The third-order valence-corrected chi connectivity index (χ3v) is 6.07. The average molecular weight is 410 g/mol. The molecule has 0 radical (unpaired) electrons. The molecule has 2 aliphatic rings. The number of nitrogens with one attached hydrogen (secondary N) is 1. The van der Waals surface area contributed by atoms with Crippen molar-refractivity contribution in [1.82, 2.24) is 15.2 Å². The van der Waals surface area contributed by atoms with Crippen molar-refractivity contribution in [3.05, 3.63) is 70.0 Å². The third kappa shape index (κ3) is 4.34. The summed E-state index contributed by atoms with van der Waals surface area (Å²) < 4.78 is 6.31. The summed E-state index contributed by atoms with van der Waals surface area (Å²) in [5.41, 5.74) is 1.16. The lowest BCUT2D eigenvalue weighted by atomic mass is 9.78. The number of morpholine rings is 1. The van der Waals surface area contributed by atoms with Gasteiger partial charge in [-0.2, -0.15) is 0 Å². The minimum absolute atomic E-state index is 0.0167. The molecule has 4 rings (SSSR count). The molecule has 1 N–H and O–H groups in total. The molecule has 2 atom stereocenters. The van der Waals surface area contributed by atoms with E-state index in [0.29, 0.717) is 31.8 Å². The summed E-state index contributed by atoms with van der Waals surface area (Å²) in [6.07, 6.45) is 7.73. The van der Waals surface area contributed by atoms with Crippen LogP contribution in [0.4, 0.5) is 5.69 Å². The van der Waals surface area contributed by atoms with Crippen LogP contribution in [-0.4, -0.2) is 52.1 Å². The van der Waals surface area contributed by atoms with Gasteiger partial charge in [-0.05, 0) is 36.6 Å². The number of carbonyl (C=O) groups excluding carboxylic acids is 1. The fraction of sp³-hybridized carbons (Fsp3) is 0.455. The number of rotatable bonds is 5. The molecule has 1 spiro atoms.